The smallest absolute Gasteiger partial charge is 0.242 e. The van der Waals surface area contributed by atoms with Crippen LogP contribution >= 0.6 is 0 Å². The molecule has 1 aromatic rings. The van der Waals surface area contributed by atoms with Crippen molar-refractivity contribution in [2.24, 2.45) is 5.73 Å². The average molecular weight is 232 g/mol. The van der Waals surface area contributed by atoms with Gasteiger partial charge in [0.15, 0.2) is 0 Å². The van der Waals surface area contributed by atoms with Gasteiger partial charge in [0.25, 0.3) is 0 Å². The van der Waals surface area contributed by atoms with Crippen molar-refractivity contribution in [3.05, 3.63) is 42.5 Å². The van der Waals surface area contributed by atoms with Gasteiger partial charge in [0, 0.05) is 5.69 Å². The number of amides is 1. The van der Waals surface area contributed by atoms with E-state index >= 15 is 0 Å². The third-order valence-corrected chi connectivity index (χ3v) is 2.95. The Hall–Kier alpha value is -1.77. The normalized spacial score (nSPS) is 13.8. The van der Waals surface area contributed by atoms with Crippen LogP contribution in [0.15, 0.2) is 36.9 Å². The van der Waals surface area contributed by atoms with Crippen LogP contribution in [0, 0.1) is 6.92 Å². The average Bonchev–Trinajstić information content (AvgIpc) is 2.29. The number of hydrogen-bond donors (Lipinski definition) is 2. The zero-order valence-corrected chi connectivity index (χ0v) is 10.5. The molecule has 0 saturated carbocycles. The zero-order chi connectivity index (χ0) is 12.9. The van der Waals surface area contributed by atoms with Gasteiger partial charge in [0.1, 0.15) is 5.54 Å². The van der Waals surface area contributed by atoms with E-state index in [0.717, 1.165) is 17.7 Å². The number of nitrogens with two attached hydrogens (primary N) is 1. The molecule has 0 radical (unpaired) electrons. The Kier molecular flexibility index (Phi) is 4.32. The lowest BCUT2D eigenvalue weighted by atomic mass is 9.94. The highest BCUT2D eigenvalue weighted by atomic mass is 16.1. The van der Waals surface area contributed by atoms with Gasteiger partial charge in [-0.05, 0) is 38.3 Å². The quantitative estimate of drug-likeness (QED) is 0.741. The first-order valence-corrected chi connectivity index (χ1v) is 5.74. The molecule has 1 aromatic carbocycles. The SMILES string of the molecule is C=CCCC(C)(Nc1ccccc1C)C(N)=O. The molecule has 17 heavy (non-hydrogen) atoms. The van der Waals surface area contributed by atoms with E-state index in [1.54, 1.807) is 6.08 Å². The second-order valence-electron chi connectivity index (χ2n) is 4.46. The molecule has 3 N–H and O–H groups in total. The van der Waals surface area contributed by atoms with Crippen LogP contribution in [0.1, 0.15) is 25.3 Å². The maximum absolute atomic E-state index is 11.6. The van der Waals surface area contributed by atoms with Crippen molar-refractivity contribution in [2.45, 2.75) is 32.2 Å². The predicted molar refractivity (Wildman–Crippen MR) is 71.8 cm³/mol. The summed E-state index contributed by atoms with van der Waals surface area (Å²) < 4.78 is 0. The first kappa shape index (κ1) is 13.3. The van der Waals surface area contributed by atoms with Crippen LogP contribution in [0.25, 0.3) is 0 Å². The zero-order valence-electron chi connectivity index (χ0n) is 10.5. The second kappa shape index (κ2) is 5.53. The summed E-state index contributed by atoms with van der Waals surface area (Å²) in [6.45, 7) is 7.49. The van der Waals surface area contributed by atoms with Gasteiger partial charge in [-0.2, -0.15) is 0 Å². The summed E-state index contributed by atoms with van der Waals surface area (Å²) in [5.74, 6) is -0.345. The number of hydrogen-bond acceptors (Lipinski definition) is 2. The molecule has 1 amide bonds. The first-order chi connectivity index (χ1) is 7.99. The van der Waals surface area contributed by atoms with Crippen LogP contribution in [-0.2, 0) is 4.79 Å². The number of anilines is 1. The molecule has 0 spiro atoms. The summed E-state index contributed by atoms with van der Waals surface area (Å²) >= 11 is 0. The van der Waals surface area contributed by atoms with Crippen LogP contribution in [0.3, 0.4) is 0 Å². The Balaban J connectivity index is 2.90. The number of benzene rings is 1. The summed E-state index contributed by atoms with van der Waals surface area (Å²) in [7, 11) is 0. The lowest BCUT2D eigenvalue weighted by Gasteiger charge is -2.29. The Morgan fingerprint density at radius 2 is 2.18 bits per heavy atom. The Labute approximate surface area is 103 Å². The molecule has 3 heteroatoms. The summed E-state index contributed by atoms with van der Waals surface area (Å²) in [6.07, 6.45) is 3.18. The molecular formula is C14H20N2O. The number of rotatable bonds is 6. The van der Waals surface area contributed by atoms with Crippen molar-refractivity contribution in [1.29, 1.82) is 0 Å². The third-order valence-electron chi connectivity index (χ3n) is 2.95. The largest absolute Gasteiger partial charge is 0.371 e. The van der Waals surface area contributed by atoms with E-state index in [9.17, 15) is 4.79 Å². The molecule has 0 bridgehead atoms. The van der Waals surface area contributed by atoms with E-state index < -0.39 is 5.54 Å². The molecule has 0 aromatic heterocycles. The maximum atomic E-state index is 11.6. The molecule has 1 atom stereocenters. The molecule has 0 aliphatic rings. The van der Waals surface area contributed by atoms with Gasteiger partial charge in [0.2, 0.25) is 5.91 Å². The van der Waals surface area contributed by atoms with Crippen molar-refractivity contribution in [3.8, 4) is 0 Å². The monoisotopic (exact) mass is 232 g/mol. The van der Waals surface area contributed by atoms with Crippen LogP contribution in [-0.4, -0.2) is 11.4 Å². The summed E-state index contributed by atoms with van der Waals surface area (Å²) in [5, 5.41) is 3.24. The van der Waals surface area contributed by atoms with Crippen LogP contribution in [0.4, 0.5) is 5.69 Å². The van der Waals surface area contributed by atoms with Gasteiger partial charge < -0.3 is 11.1 Å². The van der Waals surface area contributed by atoms with Gasteiger partial charge in [0.05, 0.1) is 0 Å². The van der Waals surface area contributed by atoms with Crippen LogP contribution < -0.4 is 11.1 Å². The fourth-order valence-corrected chi connectivity index (χ4v) is 1.65. The topological polar surface area (TPSA) is 55.1 Å². The molecule has 0 saturated heterocycles. The number of carbonyl (C=O) groups excluding carboxylic acids is 1. The van der Waals surface area contributed by atoms with Gasteiger partial charge in [-0.1, -0.05) is 24.3 Å². The highest BCUT2D eigenvalue weighted by molar-refractivity contribution is 5.87. The summed E-state index contributed by atoms with van der Waals surface area (Å²) in [6, 6.07) is 7.85. The molecular weight excluding hydrogens is 212 g/mol. The Bertz CT molecular complexity index is 414. The van der Waals surface area contributed by atoms with E-state index in [4.69, 9.17) is 5.73 Å². The van der Waals surface area contributed by atoms with Gasteiger partial charge >= 0.3 is 0 Å². The molecule has 0 aliphatic carbocycles. The molecule has 1 rings (SSSR count). The van der Waals surface area contributed by atoms with Crippen molar-refractivity contribution in [2.75, 3.05) is 5.32 Å². The van der Waals surface area contributed by atoms with Crippen molar-refractivity contribution in [1.82, 2.24) is 0 Å². The highest BCUT2D eigenvalue weighted by Crippen LogP contribution is 2.22. The van der Waals surface area contributed by atoms with Gasteiger partial charge in [-0.3, -0.25) is 4.79 Å². The van der Waals surface area contributed by atoms with E-state index in [1.807, 2.05) is 38.1 Å². The fraction of sp³-hybridized carbons (Fsp3) is 0.357. The molecule has 92 valence electrons. The number of aryl methyl sites for hydroxylation is 1. The van der Waals surface area contributed by atoms with E-state index in [-0.39, 0.29) is 5.91 Å². The van der Waals surface area contributed by atoms with Crippen molar-refractivity contribution < 1.29 is 4.79 Å². The van der Waals surface area contributed by atoms with Gasteiger partial charge in [-0.15, -0.1) is 6.58 Å². The van der Waals surface area contributed by atoms with E-state index in [2.05, 4.69) is 11.9 Å². The fourth-order valence-electron chi connectivity index (χ4n) is 1.65. The molecule has 1 unspecified atom stereocenters. The number of nitrogens with one attached hydrogen (secondary N) is 1. The number of primary amides is 1. The Morgan fingerprint density at radius 3 is 2.71 bits per heavy atom. The summed E-state index contributed by atoms with van der Waals surface area (Å²) in [4.78, 5) is 11.6. The lowest BCUT2D eigenvalue weighted by molar-refractivity contribution is -0.121. The highest BCUT2D eigenvalue weighted by Gasteiger charge is 2.30. The van der Waals surface area contributed by atoms with Crippen LogP contribution in [0.2, 0.25) is 0 Å². The van der Waals surface area contributed by atoms with E-state index in [1.165, 1.54) is 0 Å². The number of para-hydroxylation sites is 1. The number of allylic oxidation sites excluding steroid dienone is 1. The minimum atomic E-state index is -0.736. The predicted octanol–water partition coefficient (Wildman–Crippen LogP) is 2.62. The minimum Gasteiger partial charge on any atom is -0.371 e. The molecule has 0 aliphatic heterocycles. The molecule has 3 nitrogen and oxygen atoms in total. The molecule has 0 fully saturated rings. The molecule has 0 heterocycles. The second-order valence-corrected chi connectivity index (χ2v) is 4.46. The van der Waals surface area contributed by atoms with Gasteiger partial charge in [-0.25, -0.2) is 0 Å². The third kappa shape index (κ3) is 3.34. The summed E-state index contributed by atoms with van der Waals surface area (Å²) in [5.41, 5.74) is 6.78. The lowest BCUT2D eigenvalue weighted by Crippen LogP contribution is -2.47. The van der Waals surface area contributed by atoms with Crippen molar-refractivity contribution >= 4 is 11.6 Å². The number of carbonyl (C=O) groups is 1. The standard InChI is InChI=1S/C14H20N2O/c1-4-5-10-14(3,13(15)17)16-12-9-7-6-8-11(12)2/h4,6-9,16H,1,5,10H2,2-3H3,(H2,15,17). The van der Waals surface area contributed by atoms with Crippen LogP contribution in [0.5, 0.6) is 0 Å². The van der Waals surface area contributed by atoms with Crippen molar-refractivity contribution in [3.63, 3.8) is 0 Å². The minimum absolute atomic E-state index is 0.345. The first-order valence-electron chi connectivity index (χ1n) is 5.74. The Morgan fingerprint density at radius 1 is 1.53 bits per heavy atom. The van der Waals surface area contributed by atoms with E-state index in [0.29, 0.717) is 6.42 Å². The maximum Gasteiger partial charge on any atom is 0.242 e.